The van der Waals surface area contributed by atoms with Gasteiger partial charge in [0.25, 0.3) is 5.91 Å². The first-order chi connectivity index (χ1) is 9.74. The molecule has 1 saturated heterocycles. The lowest BCUT2D eigenvalue weighted by molar-refractivity contribution is 0.0645. The van der Waals surface area contributed by atoms with Crippen molar-refractivity contribution in [2.24, 2.45) is 5.92 Å². The lowest BCUT2D eigenvalue weighted by Gasteiger charge is -2.30. The number of nitrogens with zero attached hydrogens (tertiary/aromatic N) is 2. The molecule has 0 spiro atoms. The number of carbonyl (C=O) groups is 1. The minimum absolute atomic E-state index is 0.0125. The molecule has 2 heterocycles. The number of likely N-dealkylation sites (tertiary alicyclic amines) is 1. The number of nitrogens with one attached hydrogen (secondary N) is 1. The predicted octanol–water partition coefficient (Wildman–Crippen LogP) is 1.75. The molecule has 1 amide bonds. The summed E-state index contributed by atoms with van der Waals surface area (Å²) in [4.78, 5) is 18.6. The normalized spacial score (nSPS) is 16.2. The molecular formula is C15H23N3O2. The van der Waals surface area contributed by atoms with Crippen molar-refractivity contribution in [2.75, 3.05) is 31.6 Å². The molecule has 1 aromatic heterocycles. The van der Waals surface area contributed by atoms with Gasteiger partial charge in [-0.15, -0.1) is 0 Å². The van der Waals surface area contributed by atoms with E-state index in [0.717, 1.165) is 31.6 Å². The maximum Gasteiger partial charge on any atom is 0.272 e. The summed E-state index contributed by atoms with van der Waals surface area (Å²) in [5.74, 6) is 1.08. The van der Waals surface area contributed by atoms with Crippen LogP contribution in [-0.4, -0.2) is 47.1 Å². The van der Waals surface area contributed by atoms with Crippen molar-refractivity contribution in [3.8, 4) is 0 Å². The van der Waals surface area contributed by atoms with Crippen molar-refractivity contribution < 1.29 is 9.90 Å². The molecule has 5 heteroatoms. The van der Waals surface area contributed by atoms with Gasteiger partial charge in [-0.05, 0) is 37.3 Å². The van der Waals surface area contributed by atoms with Gasteiger partial charge in [-0.2, -0.15) is 0 Å². The maximum atomic E-state index is 12.4. The number of aromatic nitrogens is 1. The number of amides is 1. The Morgan fingerprint density at radius 3 is 2.85 bits per heavy atom. The second-order valence-corrected chi connectivity index (χ2v) is 5.25. The topological polar surface area (TPSA) is 65.5 Å². The third-order valence-corrected chi connectivity index (χ3v) is 3.68. The zero-order valence-electron chi connectivity index (χ0n) is 12.0. The van der Waals surface area contributed by atoms with Gasteiger partial charge in [-0.1, -0.05) is 13.0 Å². The Bertz CT molecular complexity index is 442. The van der Waals surface area contributed by atoms with E-state index in [2.05, 4.69) is 17.2 Å². The van der Waals surface area contributed by atoms with Crippen molar-refractivity contribution in [3.05, 3.63) is 23.9 Å². The van der Waals surface area contributed by atoms with Crippen LogP contribution in [0.5, 0.6) is 0 Å². The van der Waals surface area contributed by atoms with Gasteiger partial charge in [-0.25, -0.2) is 4.98 Å². The highest BCUT2D eigenvalue weighted by atomic mass is 16.3. The van der Waals surface area contributed by atoms with E-state index in [-0.39, 0.29) is 12.5 Å². The van der Waals surface area contributed by atoms with Crippen LogP contribution in [0.2, 0.25) is 0 Å². The second-order valence-electron chi connectivity index (χ2n) is 5.25. The lowest BCUT2D eigenvalue weighted by atomic mass is 9.98. The third kappa shape index (κ3) is 3.70. The van der Waals surface area contributed by atoms with E-state index >= 15 is 0 Å². The average Bonchev–Trinajstić information content (AvgIpc) is 2.52. The van der Waals surface area contributed by atoms with E-state index < -0.39 is 0 Å². The Morgan fingerprint density at radius 2 is 2.20 bits per heavy atom. The number of piperidine rings is 1. The number of hydrogen-bond acceptors (Lipinski definition) is 4. The molecule has 1 aliphatic heterocycles. The molecule has 110 valence electrons. The largest absolute Gasteiger partial charge is 0.396 e. The monoisotopic (exact) mass is 277 g/mol. The Morgan fingerprint density at radius 1 is 1.45 bits per heavy atom. The highest BCUT2D eigenvalue weighted by Crippen LogP contribution is 2.18. The van der Waals surface area contributed by atoms with Gasteiger partial charge in [0.15, 0.2) is 0 Å². The van der Waals surface area contributed by atoms with Gasteiger partial charge in [0, 0.05) is 26.2 Å². The van der Waals surface area contributed by atoms with Crippen LogP contribution in [0.15, 0.2) is 18.2 Å². The van der Waals surface area contributed by atoms with E-state index in [1.54, 1.807) is 6.07 Å². The fraction of sp³-hybridized carbons (Fsp3) is 0.600. The molecule has 0 radical (unpaired) electrons. The van der Waals surface area contributed by atoms with Crippen molar-refractivity contribution in [1.82, 2.24) is 9.88 Å². The molecule has 0 bridgehead atoms. The molecule has 1 aromatic rings. The summed E-state index contributed by atoms with van der Waals surface area (Å²) in [5.41, 5.74) is 0.494. The molecular weight excluding hydrogens is 254 g/mol. The fourth-order valence-electron chi connectivity index (χ4n) is 2.39. The molecule has 0 atom stereocenters. The molecule has 2 rings (SSSR count). The molecule has 0 aliphatic carbocycles. The van der Waals surface area contributed by atoms with E-state index in [9.17, 15) is 4.79 Å². The highest BCUT2D eigenvalue weighted by molar-refractivity contribution is 5.92. The van der Waals surface area contributed by atoms with Gasteiger partial charge < -0.3 is 15.3 Å². The van der Waals surface area contributed by atoms with Crippen molar-refractivity contribution in [3.63, 3.8) is 0 Å². The number of aliphatic hydroxyl groups is 1. The maximum absolute atomic E-state index is 12.4. The Balaban J connectivity index is 1.98. The smallest absolute Gasteiger partial charge is 0.272 e. The van der Waals surface area contributed by atoms with Crippen LogP contribution in [0.25, 0.3) is 0 Å². The van der Waals surface area contributed by atoms with Crippen LogP contribution in [0.4, 0.5) is 5.82 Å². The van der Waals surface area contributed by atoms with E-state index in [1.165, 1.54) is 0 Å². The Kier molecular flexibility index (Phi) is 5.35. The number of carbonyl (C=O) groups excluding carboxylic acids is 1. The van der Waals surface area contributed by atoms with Crippen molar-refractivity contribution in [1.29, 1.82) is 0 Å². The van der Waals surface area contributed by atoms with Crippen LogP contribution in [0.3, 0.4) is 0 Å². The number of rotatable bonds is 5. The fourth-order valence-corrected chi connectivity index (χ4v) is 2.39. The Labute approximate surface area is 120 Å². The van der Waals surface area contributed by atoms with Crippen LogP contribution in [0, 0.1) is 5.92 Å². The quantitative estimate of drug-likeness (QED) is 0.860. The molecule has 0 unspecified atom stereocenters. The highest BCUT2D eigenvalue weighted by Gasteiger charge is 2.23. The van der Waals surface area contributed by atoms with Gasteiger partial charge in [0.2, 0.25) is 0 Å². The van der Waals surface area contributed by atoms with E-state index in [4.69, 9.17) is 5.11 Å². The van der Waals surface area contributed by atoms with Crippen LogP contribution >= 0.6 is 0 Å². The zero-order valence-corrected chi connectivity index (χ0v) is 12.0. The van der Waals surface area contributed by atoms with Gasteiger partial charge in [-0.3, -0.25) is 4.79 Å². The van der Waals surface area contributed by atoms with E-state index in [1.807, 2.05) is 17.0 Å². The molecule has 0 saturated carbocycles. The first kappa shape index (κ1) is 14.8. The van der Waals surface area contributed by atoms with Crippen molar-refractivity contribution >= 4 is 11.7 Å². The summed E-state index contributed by atoms with van der Waals surface area (Å²) >= 11 is 0. The summed E-state index contributed by atoms with van der Waals surface area (Å²) in [5, 5.41) is 12.3. The zero-order chi connectivity index (χ0) is 14.4. The first-order valence-electron chi connectivity index (χ1n) is 7.35. The molecule has 20 heavy (non-hydrogen) atoms. The van der Waals surface area contributed by atoms with E-state index in [0.29, 0.717) is 24.7 Å². The molecule has 2 N–H and O–H groups in total. The standard InChI is InChI=1S/C15H23N3O2/c1-2-8-16-14-5-3-4-13(17-14)15(20)18-9-6-12(11-19)7-10-18/h3-5,12,19H,2,6-11H2,1H3,(H,16,17). The summed E-state index contributed by atoms with van der Waals surface area (Å²) in [7, 11) is 0. The predicted molar refractivity (Wildman–Crippen MR) is 78.7 cm³/mol. The van der Waals surface area contributed by atoms with Crippen LogP contribution < -0.4 is 5.32 Å². The number of anilines is 1. The minimum atomic E-state index is -0.0125. The number of pyridine rings is 1. The lowest BCUT2D eigenvalue weighted by Crippen LogP contribution is -2.39. The summed E-state index contributed by atoms with van der Waals surface area (Å²) in [6, 6.07) is 5.50. The van der Waals surface area contributed by atoms with Crippen LogP contribution in [-0.2, 0) is 0 Å². The first-order valence-corrected chi connectivity index (χ1v) is 7.35. The van der Waals surface area contributed by atoms with Gasteiger partial charge >= 0.3 is 0 Å². The molecule has 1 aliphatic rings. The van der Waals surface area contributed by atoms with Gasteiger partial charge in [0.1, 0.15) is 11.5 Å². The summed E-state index contributed by atoms with van der Waals surface area (Å²) in [6.07, 6.45) is 2.76. The number of hydrogen-bond donors (Lipinski definition) is 2. The molecule has 5 nitrogen and oxygen atoms in total. The SMILES string of the molecule is CCCNc1cccc(C(=O)N2CCC(CO)CC2)n1. The summed E-state index contributed by atoms with van der Waals surface area (Å²) < 4.78 is 0. The molecule has 0 aromatic carbocycles. The third-order valence-electron chi connectivity index (χ3n) is 3.68. The average molecular weight is 277 g/mol. The Hall–Kier alpha value is -1.62. The van der Waals surface area contributed by atoms with Crippen molar-refractivity contribution in [2.45, 2.75) is 26.2 Å². The minimum Gasteiger partial charge on any atom is -0.396 e. The molecule has 1 fully saturated rings. The van der Waals surface area contributed by atoms with Crippen LogP contribution in [0.1, 0.15) is 36.7 Å². The second kappa shape index (κ2) is 7.24. The summed E-state index contributed by atoms with van der Waals surface area (Å²) in [6.45, 7) is 4.58. The van der Waals surface area contributed by atoms with Gasteiger partial charge in [0.05, 0.1) is 0 Å². The number of aliphatic hydroxyl groups excluding tert-OH is 1.